The van der Waals surface area contributed by atoms with Crippen molar-refractivity contribution in [3.63, 3.8) is 0 Å². The maximum absolute atomic E-state index is 12.8. The third-order valence-electron chi connectivity index (χ3n) is 10.2. The normalized spacial score (nSPS) is 13.9. The first-order valence-electron chi connectivity index (χ1n) is 25.7. The average Bonchev–Trinajstić information content (AvgIpc) is 3.29. The molecule has 9 heteroatoms. The van der Waals surface area contributed by atoms with Gasteiger partial charge in [0.25, 0.3) is 6.29 Å². The van der Waals surface area contributed by atoms with Crippen LogP contribution >= 0.6 is 0 Å². The summed E-state index contributed by atoms with van der Waals surface area (Å²) in [6.07, 6.45) is 64.3. The number of carboxylic acids is 1. The molecule has 0 aromatic heterocycles. The fourth-order valence-corrected chi connectivity index (χ4v) is 6.27. The Morgan fingerprint density at radius 1 is 0.463 bits per heavy atom. The second-order valence-corrected chi connectivity index (χ2v) is 17.8. The molecular weight excluding hydrogens is 839 g/mol. The maximum Gasteiger partial charge on any atom is 0.361 e. The van der Waals surface area contributed by atoms with Crippen molar-refractivity contribution in [1.29, 1.82) is 0 Å². The van der Waals surface area contributed by atoms with E-state index < -0.39 is 24.3 Å². The zero-order chi connectivity index (χ0) is 49.2. The van der Waals surface area contributed by atoms with Crippen molar-refractivity contribution < 1.29 is 42.9 Å². The predicted molar refractivity (Wildman–Crippen MR) is 281 cm³/mol. The molecule has 378 valence electrons. The third-order valence-corrected chi connectivity index (χ3v) is 10.2. The van der Waals surface area contributed by atoms with Crippen molar-refractivity contribution in [1.82, 2.24) is 0 Å². The van der Waals surface area contributed by atoms with Gasteiger partial charge < -0.3 is 28.5 Å². The van der Waals surface area contributed by atoms with E-state index in [1.165, 1.54) is 38.5 Å². The Kier molecular flexibility index (Phi) is 45.1. The van der Waals surface area contributed by atoms with E-state index in [2.05, 4.69) is 135 Å². The van der Waals surface area contributed by atoms with E-state index in [1.807, 2.05) is 21.1 Å². The van der Waals surface area contributed by atoms with Gasteiger partial charge in [0.2, 0.25) is 0 Å². The van der Waals surface area contributed by atoms with Crippen LogP contribution in [0.25, 0.3) is 0 Å². The van der Waals surface area contributed by atoms with Crippen LogP contribution in [0.5, 0.6) is 0 Å². The summed E-state index contributed by atoms with van der Waals surface area (Å²) < 4.78 is 22.6. The smallest absolute Gasteiger partial charge is 0.361 e. The molecule has 2 atom stereocenters. The van der Waals surface area contributed by atoms with E-state index in [9.17, 15) is 19.5 Å². The van der Waals surface area contributed by atoms with Crippen molar-refractivity contribution in [2.45, 2.75) is 180 Å². The van der Waals surface area contributed by atoms with Crippen molar-refractivity contribution in [3.05, 3.63) is 122 Å². The van der Waals surface area contributed by atoms with Crippen LogP contribution < -0.4 is 0 Å². The van der Waals surface area contributed by atoms with Gasteiger partial charge in [-0.15, -0.1) is 0 Å². The molecular formula is C58H94NO8+. The molecule has 0 saturated carbocycles. The highest BCUT2D eigenvalue weighted by atomic mass is 16.7. The zero-order valence-corrected chi connectivity index (χ0v) is 42.8. The molecule has 0 aromatic rings. The van der Waals surface area contributed by atoms with E-state index in [0.717, 1.165) is 96.3 Å². The second kappa shape index (κ2) is 48.2. The number of unbranched alkanes of at least 4 members (excludes halogenated alkanes) is 10. The van der Waals surface area contributed by atoms with Gasteiger partial charge in [-0.05, 0) is 89.9 Å². The number of ether oxygens (including phenoxy) is 4. The first kappa shape index (κ1) is 62.7. The minimum atomic E-state index is -1.53. The standard InChI is InChI=1S/C58H93NO8/c1-6-8-10-12-14-16-17-18-19-20-21-22-23-24-25-26-27-28-29-30-31-32-33-34-35-36-37-38-39-41-43-45-47-49-56(61)67-54(53-66-58(57(62)63)64-51-50-59(3,4)5)52-65-55(60)48-46-44-42-40-15-13-11-9-7-2/h8,10,14,16,18-19,21-22,24-25,27-28,30-31,33-34,36-37,39,41,54,58H,6-7,9,11-13,15,17,20,23,26,29,32,35,38,40,42-53H2,1-5H3/p+1/b10-8-,16-14-,19-18-,22-21-,25-24-,28-27-,31-30-,34-33-,37-36-,41-39-. The number of rotatable bonds is 45. The first-order chi connectivity index (χ1) is 32.6. The highest BCUT2D eigenvalue weighted by Crippen LogP contribution is 2.12. The maximum atomic E-state index is 12.8. The van der Waals surface area contributed by atoms with Crippen molar-refractivity contribution in [3.8, 4) is 0 Å². The van der Waals surface area contributed by atoms with Crippen LogP contribution in [0.3, 0.4) is 0 Å². The van der Waals surface area contributed by atoms with Gasteiger partial charge in [0.05, 0.1) is 34.4 Å². The number of quaternary nitrogens is 1. The number of allylic oxidation sites excluding steroid dienone is 20. The van der Waals surface area contributed by atoms with Crippen LogP contribution in [-0.4, -0.2) is 87.4 Å². The first-order valence-corrected chi connectivity index (χ1v) is 25.7. The molecule has 0 fully saturated rings. The fourth-order valence-electron chi connectivity index (χ4n) is 6.27. The van der Waals surface area contributed by atoms with Crippen LogP contribution in [-0.2, 0) is 33.3 Å². The summed E-state index contributed by atoms with van der Waals surface area (Å²) >= 11 is 0. The molecule has 0 rings (SSSR count). The SMILES string of the molecule is CC/C=C\C/C=C\C/C=C\C/C=C\C/C=C\C/C=C\C/C=C\C/C=C\C/C=C\C/C=C\CCCCC(=O)OC(COC(=O)CCCCCCCCCCC)COC(OCC[N+](C)(C)C)C(=O)O. The van der Waals surface area contributed by atoms with Gasteiger partial charge in [0.1, 0.15) is 13.2 Å². The average molecular weight is 933 g/mol. The number of aliphatic carboxylic acids is 1. The number of esters is 2. The topological polar surface area (TPSA) is 108 Å². The number of carbonyl (C=O) groups excluding carboxylic acids is 2. The number of carboxylic acid groups (broad SMARTS) is 1. The molecule has 0 aromatic carbocycles. The summed E-state index contributed by atoms with van der Waals surface area (Å²) in [5.41, 5.74) is 0. The summed E-state index contributed by atoms with van der Waals surface area (Å²) in [6.45, 7) is 4.65. The molecule has 2 unspecified atom stereocenters. The molecule has 0 spiro atoms. The molecule has 9 nitrogen and oxygen atoms in total. The lowest BCUT2D eigenvalue weighted by atomic mass is 10.1. The molecule has 0 aliphatic heterocycles. The van der Waals surface area contributed by atoms with Gasteiger partial charge in [0, 0.05) is 12.8 Å². The number of hydrogen-bond donors (Lipinski definition) is 1. The Hall–Kier alpha value is -4.31. The van der Waals surface area contributed by atoms with Crippen LogP contribution in [0.2, 0.25) is 0 Å². The number of likely N-dealkylation sites (N-methyl/N-ethyl adjacent to an activating group) is 1. The van der Waals surface area contributed by atoms with Gasteiger partial charge in [-0.25, -0.2) is 4.79 Å². The Bertz CT molecular complexity index is 1510. The van der Waals surface area contributed by atoms with E-state index in [-0.39, 0.29) is 38.6 Å². The third kappa shape index (κ3) is 49.4. The second-order valence-electron chi connectivity index (χ2n) is 17.8. The molecule has 67 heavy (non-hydrogen) atoms. The number of hydrogen-bond acceptors (Lipinski definition) is 7. The lowest BCUT2D eigenvalue weighted by Crippen LogP contribution is -2.40. The Morgan fingerprint density at radius 2 is 0.851 bits per heavy atom. The molecule has 0 aliphatic rings. The van der Waals surface area contributed by atoms with E-state index >= 15 is 0 Å². The largest absolute Gasteiger partial charge is 0.477 e. The van der Waals surface area contributed by atoms with Crippen LogP contribution in [0.4, 0.5) is 0 Å². The molecule has 0 aliphatic carbocycles. The van der Waals surface area contributed by atoms with Gasteiger partial charge in [-0.3, -0.25) is 9.59 Å². The van der Waals surface area contributed by atoms with Crippen LogP contribution in [0.15, 0.2) is 122 Å². The highest BCUT2D eigenvalue weighted by molar-refractivity contribution is 5.71. The number of nitrogens with zero attached hydrogens (tertiary/aromatic N) is 1. The molecule has 0 bridgehead atoms. The van der Waals surface area contributed by atoms with E-state index in [0.29, 0.717) is 17.4 Å². The minimum Gasteiger partial charge on any atom is -0.477 e. The van der Waals surface area contributed by atoms with Gasteiger partial charge >= 0.3 is 17.9 Å². The van der Waals surface area contributed by atoms with Crippen molar-refractivity contribution in [2.24, 2.45) is 0 Å². The van der Waals surface area contributed by atoms with Crippen molar-refractivity contribution in [2.75, 3.05) is 47.5 Å². The van der Waals surface area contributed by atoms with Gasteiger partial charge in [-0.2, -0.15) is 0 Å². The summed E-state index contributed by atoms with van der Waals surface area (Å²) in [7, 11) is 5.93. The summed E-state index contributed by atoms with van der Waals surface area (Å²) in [6, 6.07) is 0. The molecule has 0 amide bonds. The Morgan fingerprint density at radius 3 is 1.27 bits per heavy atom. The minimum absolute atomic E-state index is 0.173. The zero-order valence-electron chi connectivity index (χ0n) is 42.8. The van der Waals surface area contributed by atoms with Gasteiger partial charge in [-0.1, -0.05) is 187 Å². The van der Waals surface area contributed by atoms with Crippen LogP contribution in [0.1, 0.15) is 168 Å². The summed E-state index contributed by atoms with van der Waals surface area (Å²) in [4.78, 5) is 37.1. The van der Waals surface area contributed by atoms with Crippen molar-refractivity contribution >= 4 is 17.9 Å². The Labute approximate surface area is 408 Å². The Balaban J connectivity index is 4.33. The van der Waals surface area contributed by atoms with Crippen LogP contribution in [0, 0.1) is 0 Å². The highest BCUT2D eigenvalue weighted by Gasteiger charge is 2.25. The monoisotopic (exact) mass is 933 g/mol. The summed E-state index contributed by atoms with van der Waals surface area (Å²) in [5.74, 6) is -2.09. The molecule has 0 radical (unpaired) electrons. The van der Waals surface area contributed by atoms with E-state index in [1.54, 1.807) is 0 Å². The van der Waals surface area contributed by atoms with E-state index in [4.69, 9.17) is 18.9 Å². The fraction of sp³-hybridized carbons (Fsp3) is 0.603. The lowest BCUT2D eigenvalue weighted by molar-refractivity contribution is -0.870. The summed E-state index contributed by atoms with van der Waals surface area (Å²) in [5, 5.41) is 9.64. The molecule has 0 saturated heterocycles. The molecule has 1 N–H and O–H groups in total. The quantitative estimate of drug-likeness (QED) is 0.0211. The number of carbonyl (C=O) groups is 3. The van der Waals surface area contributed by atoms with Gasteiger partial charge in [0.15, 0.2) is 6.10 Å². The predicted octanol–water partition coefficient (Wildman–Crippen LogP) is 14.6. The molecule has 0 heterocycles. The lowest BCUT2D eigenvalue weighted by Gasteiger charge is -2.25.